The first-order valence-electron chi connectivity index (χ1n) is 9.25. The van der Waals surface area contributed by atoms with Crippen molar-refractivity contribution in [3.8, 4) is 17.2 Å². The zero-order chi connectivity index (χ0) is 21.7. The Morgan fingerprint density at radius 1 is 0.933 bits per heavy atom. The third kappa shape index (κ3) is 4.63. The van der Waals surface area contributed by atoms with Crippen LogP contribution in [0, 0.1) is 0 Å². The van der Waals surface area contributed by atoms with Gasteiger partial charge in [0.05, 0.1) is 21.3 Å². The molecule has 0 atom stereocenters. The van der Waals surface area contributed by atoms with Crippen molar-refractivity contribution < 1.29 is 28.2 Å². The maximum atomic E-state index is 12.5. The summed E-state index contributed by atoms with van der Waals surface area (Å²) in [5, 5.41) is 2.74. The molecule has 0 aliphatic rings. The lowest BCUT2D eigenvalue weighted by Crippen LogP contribution is -2.11. The molecular formula is C23H23NO6. The molecule has 0 aliphatic carbocycles. The van der Waals surface area contributed by atoms with Crippen LogP contribution in [0.4, 0.5) is 5.69 Å². The van der Waals surface area contributed by atoms with Gasteiger partial charge in [0.1, 0.15) is 23.0 Å². The van der Waals surface area contributed by atoms with Gasteiger partial charge in [-0.05, 0) is 31.2 Å². The second kappa shape index (κ2) is 9.17. The van der Waals surface area contributed by atoms with Gasteiger partial charge in [0, 0.05) is 35.4 Å². The molecule has 0 aliphatic heterocycles. The number of carbonyl (C=O) groups excluding carboxylic acids is 2. The van der Waals surface area contributed by atoms with Gasteiger partial charge in [-0.15, -0.1) is 0 Å². The summed E-state index contributed by atoms with van der Waals surface area (Å²) in [7, 11) is 4.69. The molecule has 7 nitrogen and oxygen atoms in total. The molecule has 30 heavy (non-hydrogen) atoms. The Morgan fingerprint density at radius 3 is 2.23 bits per heavy atom. The first-order valence-corrected chi connectivity index (χ1v) is 9.25. The van der Waals surface area contributed by atoms with E-state index in [0.29, 0.717) is 40.7 Å². The second-order valence-corrected chi connectivity index (χ2v) is 6.54. The standard InChI is InChI=1S/C23H23NO6/c1-14(25)15-6-5-7-16(10-15)24-23(26)20-9-8-17(30-20)11-19-21(28-3)12-18(27-2)13-22(19)29-4/h5-10,12-13H,11H2,1-4H3,(H,24,26). The molecule has 2 aromatic carbocycles. The number of hydrogen-bond donors (Lipinski definition) is 1. The predicted octanol–water partition coefficient (Wildman–Crippen LogP) is 4.35. The average molecular weight is 409 g/mol. The Balaban J connectivity index is 1.79. The summed E-state index contributed by atoms with van der Waals surface area (Å²) in [6, 6.07) is 13.6. The zero-order valence-corrected chi connectivity index (χ0v) is 17.3. The van der Waals surface area contributed by atoms with Crippen LogP contribution in [0.2, 0.25) is 0 Å². The highest BCUT2D eigenvalue weighted by molar-refractivity contribution is 6.03. The lowest BCUT2D eigenvalue weighted by Gasteiger charge is -2.14. The monoisotopic (exact) mass is 409 g/mol. The molecule has 0 saturated carbocycles. The molecule has 0 fully saturated rings. The van der Waals surface area contributed by atoms with Gasteiger partial charge in [0.15, 0.2) is 11.5 Å². The van der Waals surface area contributed by atoms with Crippen molar-refractivity contribution in [2.45, 2.75) is 13.3 Å². The van der Waals surface area contributed by atoms with Crippen molar-refractivity contribution in [2.75, 3.05) is 26.6 Å². The molecular weight excluding hydrogens is 386 g/mol. The molecule has 0 unspecified atom stereocenters. The fraction of sp³-hybridized carbons (Fsp3) is 0.217. The predicted molar refractivity (Wildman–Crippen MR) is 112 cm³/mol. The molecule has 3 rings (SSSR count). The van der Waals surface area contributed by atoms with E-state index in [0.717, 1.165) is 5.56 Å². The first kappa shape index (κ1) is 21.0. The molecule has 1 aromatic heterocycles. The Bertz CT molecular complexity index is 1040. The number of amides is 1. The van der Waals surface area contributed by atoms with Gasteiger partial charge < -0.3 is 23.9 Å². The summed E-state index contributed by atoms with van der Waals surface area (Å²) in [5.74, 6) is 2.04. The van der Waals surface area contributed by atoms with Crippen molar-refractivity contribution in [1.29, 1.82) is 0 Å². The third-order valence-electron chi connectivity index (χ3n) is 4.58. The summed E-state index contributed by atoms with van der Waals surface area (Å²) >= 11 is 0. The molecule has 1 amide bonds. The molecule has 7 heteroatoms. The van der Waals surface area contributed by atoms with Crippen molar-refractivity contribution in [2.24, 2.45) is 0 Å². The van der Waals surface area contributed by atoms with Crippen LogP contribution in [0.1, 0.15) is 39.2 Å². The Morgan fingerprint density at radius 2 is 1.63 bits per heavy atom. The first-order chi connectivity index (χ1) is 14.4. The van der Waals surface area contributed by atoms with Crippen molar-refractivity contribution in [3.05, 3.63) is 71.2 Å². The number of hydrogen-bond acceptors (Lipinski definition) is 6. The number of nitrogens with one attached hydrogen (secondary N) is 1. The molecule has 0 saturated heterocycles. The second-order valence-electron chi connectivity index (χ2n) is 6.54. The van der Waals surface area contributed by atoms with Gasteiger partial charge in [-0.1, -0.05) is 12.1 Å². The molecule has 0 spiro atoms. The van der Waals surface area contributed by atoms with Crippen LogP contribution in [0.5, 0.6) is 17.2 Å². The van der Waals surface area contributed by atoms with Crippen LogP contribution in [-0.2, 0) is 6.42 Å². The maximum Gasteiger partial charge on any atom is 0.291 e. The van der Waals surface area contributed by atoms with E-state index >= 15 is 0 Å². The topological polar surface area (TPSA) is 87.0 Å². The lowest BCUT2D eigenvalue weighted by molar-refractivity contribution is 0.0990. The minimum atomic E-state index is -0.407. The van der Waals surface area contributed by atoms with E-state index in [1.54, 1.807) is 69.9 Å². The zero-order valence-electron chi connectivity index (χ0n) is 17.3. The molecule has 156 valence electrons. The van der Waals surface area contributed by atoms with Gasteiger partial charge in [-0.2, -0.15) is 0 Å². The van der Waals surface area contributed by atoms with E-state index in [4.69, 9.17) is 18.6 Å². The minimum Gasteiger partial charge on any atom is -0.496 e. The number of ether oxygens (including phenoxy) is 3. The highest BCUT2D eigenvalue weighted by Crippen LogP contribution is 2.35. The Hall–Kier alpha value is -3.74. The van der Waals surface area contributed by atoms with E-state index in [9.17, 15) is 9.59 Å². The summed E-state index contributed by atoms with van der Waals surface area (Å²) in [4.78, 5) is 24.1. The quantitative estimate of drug-likeness (QED) is 0.557. The van der Waals surface area contributed by atoms with Gasteiger partial charge in [-0.3, -0.25) is 9.59 Å². The SMILES string of the molecule is COc1cc(OC)c(Cc2ccc(C(=O)Nc3cccc(C(C)=O)c3)o2)c(OC)c1. The highest BCUT2D eigenvalue weighted by atomic mass is 16.5. The normalized spacial score (nSPS) is 10.4. The van der Waals surface area contributed by atoms with Crippen LogP contribution in [0.25, 0.3) is 0 Å². The van der Waals surface area contributed by atoms with Crippen LogP contribution in [0.15, 0.2) is 52.9 Å². The molecule has 0 bridgehead atoms. The van der Waals surface area contributed by atoms with E-state index < -0.39 is 5.91 Å². The van der Waals surface area contributed by atoms with Gasteiger partial charge in [0.2, 0.25) is 0 Å². The Kier molecular flexibility index (Phi) is 6.41. The van der Waals surface area contributed by atoms with E-state index in [1.165, 1.54) is 6.92 Å². The molecule has 0 radical (unpaired) electrons. The molecule has 1 N–H and O–H groups in total. The largest absolute Gasteiger partial charge is 0.496 e. The van der Waals surface area contributed by atoms with Crippen molar-refractivity contribution in [3.63, 3.8) is 0 Å². The Labute approximate surface area is 174 Å². The molecule has 1 heterocycles. The smallest absolute Gasteiger partial charge is 0.291 e. The highest BCUT2D eigenvalue weighted by Gasteiger charge is 2.17. The van der Waals surface area contributed by atoms with Crippen molar-refractivity contribution in [1.82, 2.24) is 0 Å². The number of Topliss-reactive ketones (excluding diaryl/α,β-unsaturated/α-hetero) is 1. The third-order valence-corrected chi connectivity index (χ3v) is 4.58. The number of furan rings is 1. The molecule has 3 aromatic rings. The van der Waals surface area contributed by atoms with Gasteiger partial charge in [0.25, 0.3) is 5.91 Å². The van der Waals surface area contributed by atoms with Crippen LogP contribution in [-0.4, -0.2) is 33.0 Å². The van der Waals surface area contributed by atoms with Crippen LogP contribution < -0.4 is 19.5 Å². The van der Waals surface area contributed by atoms with Crippen molar-refractivity contribution >= 4 is 17.4 Å². The van der Waals surface area contributed by atoms with Gasteiger partial charge >= 0.3 is 0 Å². The average Bonchev–Trinajstić information content (AvgIpc) is 3.22. The maximum absolute atomic E-state index is 12.5. The number of methoxy groups -OCH3 is 3. The van der Waals surface area contributed by atoms with E-state index in [1.807, 2.05) is 0 Å². The van der Waals surface area contributed by atoms with Gasteiger partial charge in [-0.25, -0.2) is 0 Å². The van der Waals surface area contributed by atoms with E-state index in [-0.39, 0.29) is 11.5 Å². The number of anilines is 1. The summed E-state index contributed by atoms with van der Waals surface area (Å²) in [5.41, 5.74) is 1.81. The van der Waals surface area contributed by atoms with Crippen LogP contribution in [0.3, 0.4) is 0 Å². The number of rotatable bonds is 8. The fourth-order valence-corrected chi connectivity index (χ4v) is 3.03. The summed E-state index contributed by atoms with van der Waals surface area (Å²) in [6.07, 6.45) is 0.365. The summed E-state index contributed by atoms with van der Waals surface area (Å²) < 4.78 is 21.9. The minimum absolute atomic E-state index is 0.0752. The number of carbonyl (C=O) groups is 2. The van der Waals surface area contributed by atoms with Crippen LogP contribution >= 0.6 is 0 Å². The number of ketones is 1. The lowest BCUT2D eigenvalue weighted by atomic mass is 10.1. The summed E-state index contributed by atoms with van der Waals surface area (Å²) in [6.45, 7) is 1.47. The van der Waals surface area contributed by atoms with E-state index in [2.05, 4.69) is 5.32 Å². The fourth-order valence-electron chi connectivity index (χ4n) is 3.03. The number of benzene rings is 2.